The van der Waals surface area contributed by atoms with Gasteiger partial charge in [-0.05, 0) is 29.7 Å². The molecule has 0 bridgehead atoms. The summed E-state index contributed by atoms with van der Waals surface area (Å²) in [4.78, 5) is 25.8. The van der Waals surface area contributed by atoms with Gasteiger partial charge in [-0.25, -0.2) is 0 Å². The number of nitrogens with zero attached hydrogens (tertiary/aromatic N) is 3. The van der Waals surface area contributed by atoms with E-state index in [1.807, 2.05) is 6.20 Å². The molecule has 1 aliphatic rings. The Kier molecular flexibility index (Phi) is 4.69. The van der Waals surface area contributed by atoms with Crippen LogP contribution in [-0.2, 0) is 23.1 Å². The van der Waals surface area contributed by atoms with Gasteiger partial charge in [-0.3, -0.25) is 19.2 Å². The maximum absolute atomic E-state index is 12.5. The lowest BCUT2D eigenvalue weighted by atomic mass is 10.0. The molecule has 2 unspecified atom stereocenters. The van der Waals surface area contributed by atoms with Gasteiger partial charge in [-0.1, -0.05) is 23.7 Å². The molecule has 0 spiro atoms. The summed E-state index contributed by atoms with van der Waals surface area (Å²) in [6.45, 7) is -0.0540. The fourth-order valence-corrected chi connectivity index (χ4v) is 3.16. The summed E-state index contributed by atoms with van der Waals surface area (Å²) >= 11 is 5.91. The first kappa shape index (κ1) is 16.7. The van der Waals surface area contributed by atoms with Gasteiger partial charge in [0.15, 0.2) is 0 Å². The lowest BCUT2D eigenvalue weighted by molar-refractivity contribution is -0.141. The molecule has 2 heterocycles. The van der Waals surface area contributed by atoms with Crippen molar-refractivity contribution >= 4 is 23.4 Å². The Morgan fingerprint density at radius 1 is 1.42 bits per heavy atom. The largest absolute Gasteiger partial charge is 0.387 e. The summed E-state index contributed by atoms with van der Waals surface area (Å²) < 4.78 is 1.66. The zero-order valence-corrected chi connectivity index (χ0v) is 14.0. The van der Waals surface area contributed by atoms with E-state index in [9.17, 15) is 14.7 Å². The van der Waals surface area contributed by atoms with E-state index in [-0.39, 0.29) is 24.8 Å². The summed E-state index contributed by atoms with van der Waals surface area (Å²) in [5, 5.41) is 14.9. The number of rotatable bonds is 5. The van der Waals surface area contributed by atoms with Crippen molar-refractivity contribution in [2.45, 2.75) is 18.9 Å². The zero-order chi connectivity index (χ0) is 17.3. The number of carbonyl (C=O) groups excluding carboxylic acids is 2. The van der Waals surface area contributed by atoms with Gasteiger partial charge in [0.2, 0.25) is 11.8 Å². The third kappa shape index (κ3) is 3.49. The molecule has 0 saturated carbocycles. The number of hydrogen-bond acceptors (Lipinski definition) is 4. The molecule has 24 heavy (non-hydrogen) atoms. The number of β-amino-alcohol motifs (C(OH)–C–C–N with tert-alkyl or cyclic N) is 1. The highest BCUT2D eigenvalue weighted by molar-refractivity contribution is 6.30. The van der Waals surface area contributed by atoms with Crippen LogP contribution in [0.25, 0.3) is 0 Å². The van der Waals surface area contributed by atoms with Crippen LogP contribution in [-0.4, -0.2) is 38.1 Å². The van der Waals surface area contributed by atoms with Crippen LogP contribution in [0.4, 0.5) is 0 Å². The van der Waals surface area contributed by atoms with Crippen molar-refractivity contribution in [1.82, 2.24) is 14.7 Å². The van der Waals surface area contributed by atoms with Crippen LogP contribution in [0.15, 0.2) is 36.7 Å². The summed E-state index contributed by atoms with van der Waals surface area (Å²) in [6.07, 6.45) is 3.22. The molecule has 0 radical (unpaired) electrons. The van der Waals surface area contributed by atoms with Crippen LogP contribution in [0.5, 0.6) is 0 Å². The van der Waals surface area contributed by atoms with E-state index < -0.39 is 12.0 Å². The van der Waals surface area contributed by atoms with Crippen LogP contribution in [0.2, 0.25) is 5.02 Å². The van der Waals surface area contributed by atoms with Crippen molar-refractivity contribution < 1.29 is 14.7 Å². The highest BCUT2D eigenvalue weighted by Gasteiger charge is 2.39. The Morgan fingerprint density at radius 2 is 2.21 bits per heavy atom. The molecule has 2 aromatic rings. The number of aryl methyl sites for hydroxylation is 1. The number of halogens is 1. The fraction of sp³-hybridized carbons (Fsp3) is 0.353. The predicted octanol–water partition coefficient (Wildman–Crippen LogP) is 1.72. The zero-order valence-electron chi connectivity index (χ0n) is 13.2. The summed E-state index contributed by atoms with van der Waals surface area (Å²) in [7, 11) is 1.80. The van der Waals surface area contributed by atoms with Crippen molar-refractivity contribution in [2.75, 3.05) is 6.54 Å². The Hall–Kier alpha value is -2.18. The molecular weight excluding hydrogens is 330 g/mol. The molecule has 7 heteroatoms. The lowest BCUT2D eigenvalue weighted by Crippen LogP contribution is -2.34. The molecule has 6 nitrogen and oxygen atoms in total. The third-order valence-corrected chi connectivity index (χ3v) is 4.40. The summed E-state index contributed by atoms with van der Waals surface area (Å²) in [6, 6.07) is 6.77. The topological polar surface area (TPSA) is 75.4 Å². The number of carbonyl (C=O) groups is 2. The second kappa shape index (κ2) is 6.75. The number of imide groups is 1. The van der Waals surface area contributed by atoms with Crippen LogP contribution in [0, 0.1) is 5.92 Å². The molecule has 1 saturated heterocycles. The highest BCUT2D eigenvalue weighted by Crippen LogP contribution is 2.26. The van der Waals surface area contributed by atoms with Gasteiger partial charge in [0.1, 0.15) is 0 Å². The van der Waals surface area contributed by atoms with E-state index in [0.717, 1.165) is 10.5 Å². The molecule has 1 fully saturated rings. The third-order valence-electron chi connectivity index (χ3n) is 4.17. The van der Waals surface area contributed by atoms with Crippen molar-refractivity contribution in [1.29, 1.82) is 0 Å². The van der Waals surface area contributed by atoms with Gasteiger partial charge < -0.3 is 5.11 Å². The molecule has 0 aliphatic carbocycles. The standard InChI is InChI=1S/C17H18ClN3O3/c1-20-9-11(8-19-20)5-13-7-16(23)21(17(13)24)10-15(22)12-3-2-4-14(18)6-12/h2-4,6,8-9,13,15,22H,5,7,10H2,1H3. The monoisotopic (exact) mass is 347 g/mol. The molecule has 1 aromatic heterocycles. The van der Waals surface area contributed by atoms with Gasteiger partial charge in [0.25, 0.3) is 0 Å². The molecular formula is C17H18ClN3O3. The lowest BCUT2D eigenvalue weighted by Gasteiger charge is -2.19. The number of likely N-dealkylation sites (tertiary alicyclic amines) is 1. The van der Waals surface area contributed by atoms with Crippen molar-refractivity contribution in [2.24, 2.45) is 13.0 Å². The Balaban J connectivity index is 1.67. The molecule has 1 aromatic carbocycles. The van der Waals surface area contributed by atoms with Gasteiger partial charge in [-0.2, -0.15) is 5.10 Å². The van der Waals surface area contributed by atoms with E-state index in [1.54, 1.807) is 42.2 Å². The summed E-state index contributed by atoms with van der Waals surface area (Å²) in [5.74, 6) is -0.895. The van der Waals surface area contributed by atoms with Gasteiger partial charge in [0, 0.05) is 24.7 Å². The number of benzene rings is 1. The minimum absolute atomic E-state index is 0.0540. The van der Waals surface area contributed by atoms with E-state index >= 15 is 0 Å². The fourth-order valence-electron chi connectivity index (χ4n) is 2.96. The van der Waals surface area contributed by atoms with E-state index in [1.165, 1.54) is 0 Å². The second-order valence-electron chi connectivity index (χ2n) is 6.04. The average Bonchev–Trinajstić information content (AvgIpc) is 3.06. The molecule has 3 rings (SSSR count). The summed E-state index contributed by atoms with van der Waals surface area (Å²) in [5.41, 5.74) is 1.50. The predicted molar refractivity (Wildman–Crippen MR) is 88.2 cm³/mol. The van der Waals surface area contributed by atoms with Crippen molar-refractivity contribution in [3.8, 4) is 0 Å². The first-order chi connectivity index (χ1) is 11.4. The highest BCUT2D eigenvalue weighted by atomic mass is 35.5. The first-order valence-corrected chi connectivity index (χ1v) is 8.07. The number of hydrogen-bond donors (Lipinski definition) is 1. The normalized spacial score (nSPS) is 19.1. The molecule has 1 N–H and O–H groups in total. The average molecular weight is 348 g/mol. The van der Waals surface area contributed by atoms with Crippen LogP contribution in [0.1, 0.15) is 23.7 Å². The quantitative estimate of drug-likeness (QED) is 0.836. The van der Waals surface area contributed by atoms with Crippen molar-refractivity contribution in [3.05, 3.63) is 52.8 Å². The van der Waals surface area contributed by atoms with E-state index in [2.05, 4.69) is 5.10 Å². The number of aliphatic hydroxyl groups excluding tert-OH is 1. The van der Waals surface area contributed by atoms with Crippen LogP contribution in [0.3, 0.4) is 0 Å². The van der Waals surface area contributed by atoms with Crippen LogP contribution < -0.4 is 0 Å². The van der Waals surface area contributed by atoms with Gasteiger partial charge in [0.05, 0.1) is 24.8 Å². The second-order valence-corrected chi connectivity index (χ2v) is 6.48. The molecule has 126 valence electrons. The van der Waals surface area contributed by atoms with Gasteiger partial charge >= 0.3 is 0 Å². The minimum atomic E-state index is -0.950. The Morgan fingerprint density at radius 3 is 2.88 bits per heavy atom. The SMILES string of the molecule is Cn1cc(CC2CC(=O)N(CC(O)c3cccc(Cl)c3)C2=O)cn1. The Bertz CT molecular complexity index is 774. The molecule has 2 amide bonds. The molecule has 1 aliphatic heterocycles. The smallest absolute Gasteiger partial charge is 0.233 e. The Labute approximate surface area is 144 Å². The minimum Gasteiger partial charge on any atom is -0.387 e. The van der Waals surface area contributed by atoms with Gasteiger partial charge in [-0.15, -0.1) is 0 Å². The number of aliphatic hydroxyl groups is 1. The van der Waals surface area contributed by atoms with Crippen molar-refractivity contribution in [3.63, 3.8) is 0 Å². The van der Waals surface area contributed by atoms with E-state index in [4.69, 9.17) is 11.6 Å². The number of aromatic nitrogens is 2. The first-order valence-electron chi connectivity index (χ1n) is 7.69. The molecule has 2 atom stereocenters. The van der Waals surface area contributed by atoms with E-state index in [0.29, 0.717) is 17.0 Å². The number of amides is 2. The van der Waals surface area contributed by atoms with Crippen LogP contribution >= 0.6 is 11.6 Å². The maximum Gasteiger partial charge on any atom is 0.233 e. The maximum atomic E-state index is 12.5.